The minimum Gasteiger partial charge on any atom is -0.508 e. The summed E-state index contributed by atoms with van der Waals surface area (Å²) in [6.07, 6.45) is -2.82. The van der Waals surface area contributed by atoms with Crippen molar-refractivity contribution in [2.24, 2.45) is 0 Å². The van der Waals surface area contributed by atoms with E-state index in [-0.39, 0.29) is 5.75 Å². The summed E-state index contributed by atoms with van der Waals surface area (Å²) in [6, 6.07) is 2.73. The Kier molecular flexibility index (Phi) is 4.04. The third-order valence-corrected chi connectivity index (χ3v) is 1.99. The Balaban J connectivity index is 2.82. The van der Waals surface area contributed by atoms with Crippen molar-refractivity contribution in [3.05, 3.63) is 23.8 Å². The van der Waals surface area contributed by atoms with Gasteiger partial charge in [0.1, 0.15) is 11.5 Å². The van der Waals surface area contributed by atoms with Crippen molar-refractivity contribution in [3.8, 4) is 11.5 Å². The van der Waals surface area contributed by atoms with E-state index >= 15 is 0 Å². The Morgan fingerprint density at radius 1 is 1.25 bits per heavy atom. The van der Waals surface area contributed by atoms with Crippen LogP contribution in [0.4, 0.5) is 13.2 Å². The third kappa shape index (κ3) is 3.64. The number of benzene rings is 1. The molecule has 0 fully saturated rings. The topological polar surface area (TPSA) is 29.5 Å². The standard InChI is InChI=1S/C11H13F3O2/c1-2-3-4-16-10-6-8(11(12,13)14)5-9(15)7-10/h5-7,15H,2-4H2,1H3. The maximum atomic E-state index is 12.4. The number of hydrogen-bond acceptors (Lipinski definition) is 2. The normalized spacial score (nSPS) is 11.5. The van der Waals surface area contributed by atoms with E-state index < -0.39 is 17.5 Å². The van der Waals surface area contributed by atoms with E-state index in [0.29, 0.717) is 12.7 Å². The summed E-state index contributed by atoms with van der Waals surface area (Å²) in [4.78, 5) is 0. The molecule has 0 radical (unpaired) electrons. The SMILES string of the molecule is CCCCOc1cc(O)cc(C(F)(F)F)c1. The van der Waals surface area contributed by atoms with Crippen LogP contribution < -0.4 is 4.74 Å². The Bertz CT molecular complexity index is 348. The highest BCUT2D eigenvalue weighted by molar-refractivity contribution is 5.38. The van der Waals surface area contributed by atoms with Gasteiger partial charge in [-0.05, 0) is 18.6 Å². The molecular formula is C11H13F3O2. The first-order valence-corrected chi connectivity index (χ1v) is 4.97. The molecule has 0 saturated carbocycles. The Morgan fingerprint density at radius 3 is 2.50 bits per heavy atom. The fourth-order valence-corrected chi connectivity index (χ4v) is 1.16. The van der Waals surface area contributed by atoms with Crippen LogP contribution in [0.3, 0.4) is 0 Å². The van der Waals surface area contributed by atoms with Crippen molar-refractivity contribution in [2.45, 2.75) is 25.9 Å². The van der Waals surface area contributed by atoms with Gasteiger partial charge >= 0.3 is 6.18 Å². The minimum absolute atomic E-state index is 0.0424. The van der Waals surface area contributed by atoms with E-state index in [2.05, 4.69) is 0 Å². The molecule has 2 nitrogen and oxygen atoms in total. The van der Waals surface area contributed by atoms with Gasteiger partial charge in [-0.15, -0.1) is 0 Å². The van der Waals surface area contributed by atoms with Crippen LogP contribution in [0.2, 0.25) is 0 Å². The molecule has 0 aliphatic carbocycles. The van der Waals surface area contributed by atoms with Crippen molar-refractivity contribution in [1.29, 1.82) is 0 Å². The molecule has 1 aromatic carbocycles. The van der Waals surface area contributed by atoms with E-state index in [1.807, 2.05) is 6.92 Å². The van der Waals surface area contributed by atoms with E-state index in [9.17, 15) is 13.2 Å². The van der Waals surface area contributed by atoms with Crippen molar-refractivity contribution >= 4 is 0 Å². The summed E-state index contributed by atoms with van der Waals surface area (Å²) in [5, 5.41) is 9.13. The van der Waals surface area contributed by atoms with Gasteiger partial charge in [0.2, 0.25) is 0 Å². The zero-order chi connectivity index (χ0) is 12.2. The van der Waals surface area contributed by atoms with Gasteiger partial charge in [0.15, 0.2) is 0 Å². The third-order valence-electron chi connectivity index (χ3n) is 1.99. The molecule has 0 aliphatic heterocycles. The van der Waals surface area contributed by atoms with Gasteiger partial charge in [0.25, 0.3) is 0 Å². The maximum Gasteiger partial charge on any atom is 0.416 e. The van der Waals surface area contributed by atoms with Crippen LogP contribution in [-0.2, 0) is 6.18 Å². The van der Waals surface area contributed by atoms with Crippen LogP contribution in [0.5, 0.6) is 11.5 Å². The first-order valence-electron chi connectivity index (χ1n) is 4.97. The van der Waals surface area contributed by atoms with E-state index in [1.54, 1.807) is 0 Å². The molecule has 0 amide bonds. The lowest BCUT2D eigenvalue weighted by Crippen LogP contribution is -2.05. The fraction of sp³-hybridized carbons (Fsp3) is 0.455. The predicted octanol–water partition coefficient (Wildman–Crippen LogP) is 3.59. The molecule has 1 N–H and O–H groups in total. The molecule has 0 aliphatic rings. The van der Waals surface area contributed by atoms with Gasteiger partial charge in [0.05, 0.1) is 12.2 Å². The molecule has 16 heavy (non-hydrogen) atoms. The van der Waals surface area contributed by atoms with Gasteiger partial charge in [-0.25, -0.2) is 0 Å². The van der Waals surface area contributed by atoms with E-state index in [0.717, 1.165) is 18.9 Å². The highest BCUT2D eigenvalue weighted by Crippen LogP contribution is 2.34. The summed E-state index contributed by atoms with van der Waals surface area (Å²) in [7, 11) is 0. The number of unbranched alkanes of at least 4 members (excludes halogenated alkanes) is 1. The molecule has 0 unspecified atom stereocenters. The van der Waals surface area contributed by atoms with Gasteiger partial charge in [-0.2, -0.15) is 13.2 Å². The number of ether oxygens (including phenoxy) is 1. The second kappa shape index (κ2) is 5.09. The molecule has 0 atom stereocenters. The Labute approximate surface area is 91.7 Å². The van der Waals surface area contributed by atoms with Crippen molar-refractivity contribution < 1.29 is 23.0 Å². The molecular weight excluding hydrogens is 221 g/mol. The monoisotopic (exact) mass is 234 g/mol. The average Bonchev–Trinajstić information content (AvgIpc) is 2.16. The quantitative estimate of drug-likeness (QED) is 0.806. The van der Waals surface area contributed by atoms with Gasteiger partial charge in [0, 0.05) is 6.07 Å². The molecule has 90 valence electrons. The number of alkyl halides is 3. The number of aromatic hydroxyl groups is 1. The molecule has 1 aromatic rings. The lowest BCUT2D eigenvalue weighted by atomic mass is 10.2. The first kappa shape index (κ1) is 12.7. The molecule has 0 aromatic heterocycles. The van der Waals surface area contributed by atoms with Crippen LogP contribution in [0.1, 0.15) is 25.3 Å². The number of halogens is 3. The smallest absolute Gasteiger partial charge is 0.416 e. The van der Waals surface area contributed by atoms with Gasteiger partial charge in [-0.1, -0.05) is 13.3 Å². The molecule has 0 saturated heterocycles. The van der Waals surface area contributed by atoms with Crippen molar-refractivity contribution in [3.63, 3.8) is 0 Å². The molecule has 0 heterocycles. The fourth-order valence-electron chi connectivity index (χ4n) is 1.16. The summed E-state index contributed by atoms with van der Waals surface area (Å²) in [6.45, 7) is 2.30. The van der Waals surface area contributed by atoms with Crippen molar-refractivity contribution in [2.75, 3.05) is 6.61 Å². The number of phenolic OH excluding ortho intramolecular Hbond substituents is 1. The van der Waals surface area contributed by atoms with Gasteiger partial charge < -0.3 is 9.84 Å². The second-order valence-electron chi connectivity index (χ2n) is 3.42. The summed E-state index contributed by atoms with van der Waals surface area (Å²) in [5.74, 6) is -0.401. The molecule has 1 rings (SSSR count). The number of hydrogen-bond donors (Lipinski definition) is 1. The number of rotatable bonds is 4. The van der Waals surface area contributed by atoms with Crippen molar-refractivity contribution in [1.82, 2.24) is 0 Å². The predicted molar refractivity (Wildman–Crippen MR) is 53.5 cm³/mol. The highest BCUT2D eigenvalue weighted by Gasteiger charge is 2.31. The largest absolute Gasteiger partial charge is 0.508 e. The van der Waals surface area contributed by atoms with Gasteiger partial charge in [-0.3, -0.25) is 0 Å². The van der Waals surface area contributed by atoms with E-state index in [4.69, 9.17) is 9.84 Å². The zero-order valence-electron chi connectivity index (χ0n) is 8.84. The Hall–Kier alpha value is -1.39. The second-order valence-corrected chi connectivity index (χ2v) is 3.42. The van der Waals surface area contributed by atoms with Crippen LogP contribution in [-0.4, -0.2) is 11.7 Å². The number of phenols is 1. The summed E-state index contributed by atoms with van der Waals surface area (Å²) < 4.78 is 42.2. The lowest BCUT2D eigenvalue weighted by Gasteiger charge is -2.10. The molecule has 5 heteroatoms. The minimum atomic E-state index is -4.47. The van der Waals surface area contributed by atoms with E-state index in [1.165, 1.54) is 6.07 Å². The first-order chi connectivity index (χ1) is 7.43. The summed E-state index contributed by atoms with van der Waals surface area (Å²) in [5.41, 5.74) is -0.904. The van der Waals surface area contributed by atoms with Crippen LogP contribution >= 0.6 is 0 Å². The zero-order valence-corrected chi connectivity index (χ0v) is 8.84. The van der Waals surface area contributed by atoms with Crippen LogP contribution in [0.15, 0.2) is 18.2 Å². The summed E-state index contributed by atoms with van der Waals surface area (Å²) >= 11 is 0. The Morgan fingerprint density at radius 2 is 1.94 bits per heavy atom. The molecule has 0 spiro atoms. The lowest BCUT2D eigenvalue weighted by molar-refractivity contribution is -0.137. The maximum absolute atomic E-state index is 12.4. The highest BCUT2D eigenvalue weighted by atomic mass is 19.4. The average molecular weight is 234 g/mol. The van der Waals surface area contributed by atoms with Crippen LogP contribution in [0.25, 0.3) is 0 Å². The molecule has 0 bridgehead atoms. The van der Waals surface area contributed by atoms with Crippen LogP contribution in [0, 0.1) is 0 Å².